The fourth-order valence-corrected chi connectivity index (χ4v) is 9.94. The van der Waals surface area contributed by atoms with Crippen LogP contribution in [0.15, 0.2) is 97.2 Å². The number of carbonyl (C=O) groups excluding carboxylic acids is 10. The lowest BCUT2D eigenvalue weighted by Gasteiger charge is -2.30. The first-order chi connectivity index (χ1) is 41.3. The van der Waals surface area contributed by atoms with E-state index in [9.17, 15) is 63.3 Å². The van der Waals surface area contributed by atoms with E-state index in [-0.39, 0.29) is 69.4 Å². The molecule has 0 radical (unpaired) electrons. The Kier molecular flexibility index (Phi) is 26.2. The lowest BCUT2D eigenvalue weighted by Crippen LogP contribution is -2.61. The molecule has 27 heteroatoms. The minimum absolute atomic E-state index is 0.0313. The van der Waals surface area contributed by atoms with E-state index in [1.165, 1.54) is 44.2 Å². The van der Waals surface area contributed by atoms with Gasteiger partial charge in [0, 0.05) is 76.4 Å². The molecule has 0 bridgehead atoms. The van der Waals surface area contributed by atoms with Gasteiger partial charge in [0.05, 0.1) is 24.5 Å². The Morgan fingerprint density at radius 1 is 0.724 bits per heavy atom. The molecule has 87 heavy (non-hydrogen) atoms. The Hall–Kier alpha value is -9.37. The molecular weight excluding hydrogens is 1120 g/mol. The van der Waals surface area contributed by atoms with Crippen molar-refractivity contribution in [3.8, 4) is 5.75 Å². The number of amides is 10. The van der Waals surface area contributed by atoms with Crippen LogP contribution in [0.5, 0.6) is 5.75 Å². The number of hydrogen-bond acceptors (Lipinski definition) is 14. The Morgan fingerprint density at radius 3 is 2.00 bits per heavy atom. The van der Waals surface area contributed by atoms with Crippen LogP contribution in [-0.2, 0) is 67.2 Å². The molecule has 0 unspecified atom stereocenters. The molecule has 5 rings (SSSR count). The quantitative estimate of drug-likeness (QED) is 0.0113. The van der Waals surface area contributed by atoms with Crippen LogP contribution in [0.3, 0.4) is 0 Å². The van der Waals surface area contributed by atoms with E-state index >= 15 is 0 Å². The summed E-state index contributed by atoms with van der Waals surface area (Å²) in [5.74, 6) is -9.14. The molecule has 470 valence electrons. The first-order valence-corrected chi connectivity index (χ1v) is 28.7. The van der Waals surface area contributed by atoms with Crippen molar-refractivity contribution in [1.29, 1.82) is 5.41 Å². The molecule has 0 saturated carbocycles. The standard InChI is InChI=1S/C60H82N14O13/c1-33(2)25-38(53(81)69-44(18-12-24-66-60(63)64-5)55(83)70-45(52(62)80)28-39-31-67-43-17-10-9-16-42(39)43)15-11-23-65-54(82)46(26-36-13-7-6-8-14-36)72-58(86)51(34(3)75)73-56(84)47(30-50(61)79)71-57(85)49-29-41(78)32-74(49)59(87)48(68-35(4)76)27-37-19-21-40(77)22-20-37/h6-11,13-17,19-22,31,33-34,38,41,44-49,51,67,75,77-78H,12,18,23-30,32H2,1-5H3,(H2,61,79)(H2,62,80)(H,65,82)(H,68,76)(H,69,81)(H,70,83)(H,71,85)(H,72,86)(H,73,84)(H3,63,64,66)/b15-11+/t34-,38+,41-,44+,45+,46+,47+,48-,49+,51+/m1/s1. The van der Waals surface area contributed by atoms with Crippen LogP contribution in [-0.4, -0.2) is 171 Å². The molecule has 0 spiro atoms. The number of nitrogens with two attached hydrogens (primary N) is 2. The predicted octanol–water partition coefficient (Wildman–Crippen LogP) is -1.61. The largest absolute Gasteiger partial charge is 0.508 e. The summed E-state index contributed by atoms with van der Waals surface area (Å²) in [4.78, 5) is 140. The second-order valence-corrected chi connectivity index (χ2v) is 21.9. The van der Waals surface area contributed by atoms with Gasteiger partial charge in [-0.2, -0.15) is 0 Å². The van der Waals surface area contributed by atoms with Crippen molar-refractivity contribution in [3.05, 3.63) is 114 Å². The molecule has 27 nitrogen and oxygen atoms in total. The number of guanidine groups is 1. The topological polar surface area (TPSA) is 435 Å². The van der Waals surface area contributed by atoms with Gasteiger partial charge in [0.2, 0.25) is 59.1 Å². The van der Waals surface area contributed by atoms with E-state index in [0.29, 0.717) is 24.0 Å². The lowest BCUT2D eigenvalue weighted by molar-refractivity contribution is -0.142. The zero-order chi connectivity index (χ0) is 63.9. The summed E-state index contributed by atoms with van der Waals surface area (Å²) in [7, 11) is 1.57. The SMILES string of the molecule is CNC(=N)NCCC[C@H](NC(=O)[C@@H](/C=C/CNC(=O)[C@H](Cc1ccccc1)NC(=O)[C@@H](NC(=O)[C@H](CC(N)=O)NC(=O)[C@@H]1C[C@@H](O)CN1C(=O)[C@@H](Cc1ccc(O)cc1)NC(C)=O)[C@@H](C)O)CC(C)C)C(=O)N[C@@H](Cc1c[nH]c2ccccc12)C(N)=O. The van der Waals surface area contributed by atoms with E-state index in [2.05, 4.69) is 52.8 Å². The van der Waals surface area contributed by atoms with Crippen molar-refractivity contribution in [1.82, 2.24) is 57.7 Å². The Morgan fingerprint density at radius 2 is 1.36 bits per heavy atom. The van der Waals surface area contributed by atoms with Crippen molar-refractivity contribution in [2.24, 2.45) is 23.3 Å². The van der Waals surface area contributed by atoms with Crippen LogP contribution in [0.1, 0.15) is 76.5 Å². The number of nitrogens with zero attached hydrogens (tertiary/aromatic N) is 1. The first-order valence-electron chi connectivity index (χ1n) is 28.7. The van der Waals surface area contributed by atoms with Gasteiger partial charge in [-0.15, -0.1) is 0 Å². The maximum Gasteiger partial charge on any atom is 0.246 e. The number of para-hydroxylation sites is 1. The normalized spacial score (nSPS) is 16.6. The van der Waals surface area contributed by atoms with E-state index in [4.69, 9.17) is 16.9 Å². The second kappa shape index (κ2) is 33.4. The number of fused-ring (bicyclic) bond motifs is 1. The fraction of sp³-hybridized carbons (Fsp3) is 0.450. The van der Waals surface area contributed by atoms with Gasteiger partial charge in [-0.3, -0.25) is 53.4 Å². The highest BCUT2D eigenvalue weighted by Gasteiger charge is 2.43. The number of carbonyl (C=O) groups is 10. The zero-order valence-electron chi connectivity index (χ0n) is 49.4. The first kappa shape index (κ1) is 68.4. The molecule has 1 aliphatic heterocycles. The van der Waals surface area contributed by atoms with Crippen molar-refractivity contribution < 1.29 is 63.3 Å². The highest BCUT2D eigenvalue weighted by Crippen LogP contribution is 2.23. The number of benzene rings is 3. The van der Waals surface area contributed by atoms with Gasteiger partial charge in [0.25, 0.3) is 0 Å². The van der Waals surface area contributed by atoms with Crippen molar-refractivity contribution >= 4 is 75.9 Å². The van der Waals surface area contributed by atoms with Gasteiger partial charge < -0.3 is 84.5 Å². The smallest absolute Gasteiger partial charge is 0.246 e. The minimum Gasteiger partial charge on any atom is -0.508 e. The maximum atomic E-state index is 14.2. The minimum atomic E-state index is -1.80. The molecule has 2 heterocycles. The summed E-state index contributed by atoms with van der Waals surface area (Å²) in [6, 6.07) is 12.0. The number of β-amino-alcohol motifs (C(OH)–C–C–N with tert-alkyl or cyclic N) is 1. The van der Waals surface area contributed by atoms with Crippen LogP contribution in [0, 0.1) is 17.2 Å². The number of likely N-dealkylation sites (tertiary alicyclic amines) is 1. The number of phenolic OH excluding ortho intramolecular Hbond substituents is 1. The molecule has 1 aliphatic rings. The molecule has 1 aromatic heterocycles. The number of rotatable bonds is 32. The number of aromatic hydroxyl groups is 1. The van der Waals surface area contributed by atoms with Crippen LogP contribution >= 0.6 is 0 Å². The average Bonchev–Trinajstić information content (AvgIpc) is 3.52. The summed E-state index contributed by atoms with van der Waals surface area (Å²) in [6.07, 6.45) is 1.52. The number of hydrogen-bond donors (Lipinski definition) is 16. The molecule has 4 aromatic rings. The number of primary amides is 2. The van der Waals surface area contributed by atoms with Gasteiger partial charge in [0.1, 0.15) is 48.0 Å². The highest BCUT2D eigenvalue weighted by molar-refractivity contribution is 5.99. The van der Waals surface area contributed by atoms with Gasteiger partial charge in [0.15, 0.2) is 5.96 Å². The summed E-state index contributed by atoms with van der Waals surface area (Å²) in [5.41, 5.74) is 14.0. The van der Waals surface area contributed by atoms with Gasteiger partial charge >= 0.3 is 0 Å². The number of nitrogens with one attached hydrogen (secondary N) is 11. The highest BCUT2D eigenvalue weighted by atomic mass is 16.3. The molecule has 18 N–H and O–H groups in total. The Labute approximate surface area is 503 Å². The van der Waals surface area contributed by atoms with Gasteiger partial charge in [-0.25, -0.2) is 0 Å². The third-order valence-corrected chi connectivity index (χ3v) is 14.4. The number of aromatic nitrogens is 1. The molecule has 1 fully saturated rings. The van der Waals surface area contributed by atoms with E-state index in [1.54, 1.807) is 49.7 Å². The number of aliphatic hydroxyl groups excluding tert-OH is 2. The average molecular weight is 1210 g/mol. The molecule has 0 aliphatic carbocycles. The number of aromatic amines is 1. The third kappa shape index (κ3) is 21.6. The fourth-order valence-electron chi connectivity index (χ4n) is 9.94. The van der Waals surface area contributed by atoms with Gasteiger partial charge in [-0.1, -0.05) is 86.7 Å². The van der Waals surface area contributed by atoms with E-state index in [0.717, 1.165) is 21.4 Å². The molecule has 3 aromatic carbocycles. The van der Waals surface area contributed by atoms with Crippen molar-refractivity contribution in [3.63, 3.8) is 0 Å². The lowest BCUT2D eigenvalue weighted by atomic mass is 9.95. The molecular formula is C60H82N14O13. The Balaban J connectivity index is 1.28. The maximum absolute atomic E-state index is 14.2. The second-order valence-electron chi connectivity index (χ2n) is 21.9. The zero-order valence-corrected chi connectivity index (χ0v) is 49.4. The summed E-state index contributed by atoms with van der Waals surface area (Å²) in [5, 5.41) is 63.8. The molecule has 10 atom stereocenters. The molecule has 10 amide bonds. The summed E-state index contributed by atoms with van der Waals surface area (Å²) >= 11 is 0. The summed E-state index contributed by atoms with van der Waals surface area (Å²) < 4.78 is 0. The predicted molar refractivity (Wildman–Crippen MR) is 321 cm³/mol. The number of H-pyrrole nitrogens is 1. The van der Waals surface area contributed by atoms with Gasteiger partial charge in [-0.05, 0) is 67.0 Å². The van der Waals surface area contributed by atoms with Crippen LogP contribution in [0.25, 0.3) is 10.9 Å². The van der Waals surface area contributed by atoms with E-state index < -0.39 is 126 Å². The Bertz CT molecular complexity index is 3080. The number of aliphatic hydroxyl groups is 2. The molecule has 1 saturated heterocycles. The van der Waals surface area contributed by atoms with Crippen molar-refractivity contribution in [2.75, 3.05) is 26.7 Å². The van der Waals surface area contributed by atoms with Crippen molar-refractivity contribution in [2.45, 2.75) is 134 Å². The van der Waals surface area contributed by atoms with Crippen LogP contribution in [0.2, 0.25) is 0 Å². The summed E-state index contributed by atoms with van der Waals surface area (Å²) in [6.45, 7) is 5.92. The van der Waals surface area contributed by atoms with Crippen LogP contribution < -0.4 is 59.3 Å². The monoisotopic (exact) mass is 1210 g/mol. The third-order valence-electron chi connectivity index (χ3n) is 14.4. The van der Waals surface area contributed by atoms with E-state index in [1.807, 2.05) is 38.1 Å². The number of phenols is 1. The van der Waals surface area contributed by atoms with Crippen LogP contribution in [0.4, 0.5) is 0 Å².